The zero-order valence-corrected chi connectivity index (χ0v) is 13.3. The van der Waals surface area contributed by atoms with Gasteiger partial charge in [0.1, 0.15) is 11.5 Å². The van der Waals surface area contributed by atoms with E-state index in [1.807, 2.05) is 32.2 Å². The van der Waals surface area contributed by atoms with Crippen molar-refractivity contribution >= 4 is 5.69 Å². The fourth-order valence-electron chi connectivity index (χ4n) is 2.39. The molecule has 0 radical (unpaired) electrons. The SMILES string of the molecule is COc1ccc(C)cc1NCc1ncc(C)c(OC)c1C. The first kappa shape index (κ1) is 15.2. The first-order valence-corrected chi connectivity index (χ1v) is 6.94. The molecule has 112 valence electrons. The molecular formula is C17H22N2O2. The Morgan fingerprint density at radius 2 is 1.86 bits per heavy atom. The van der Waals surface area contributed by atoms with E-state index in [1.165, 1.54) is 5.56 Å². The van der Waals surface area contributed by atoms with Gasteiger partial charge in [0.15, 0.2) is 0 Å². The number of rotatable bonds is 5. The highest BCUT2D eigenvalue weighted by atomic mass is 16.5. The van der Waals surface area contributed by atoms with Crippen molar-refractivity contribution in [3.05, 3.63) is 46.8 Å². The molecule has 1 aromatic heterocycles. The Labute approximate surface area is 126 Å². The van der Waals surface area contributed by atoms with Gasteiger partial charge in [-0.3, -0.25) is 4.98 Å². The van der Waals surface area contributed by atoms with Crippen LogP contribution in [0.4, 0.5) is 5.69 Å². The number of ether oxygens (including phenoxy) is 2. The Morgan fingerprint density at radius 3 is 2.52 bits per heavy atom. The molecule has 0 bridgehead atoms. The van der Waals surface area contributed by atoms with E-state index in [0.29, 0.717) is 6.54 Å². The molecule has 21 heavy (non-hydrogen) atoms. The topological polar surface area (TPSA) is 43.4 Å². The summed E-state index contributed by atoms with van der Waals surface area (Å²) in [7, 11) is 3.37. The highest BCUT2D eigenvalue weighted by molar-refractivity contribution is 5.58. The van der Waals surface area contributed by atoms with Crippen LogP contribution in [-0.2, 0) is 6.54 Å². The maximum atomic E-state index is 5.44. The molecule has 0 amide bonds. The van der Waals surface area contributed by atoms with Gasteiger partial charge in [-0.25, -0.2) is 0 Å². The minimum absolute atomic E-state index is 0.627. The Morgan fingerprint density at radius 1 is 1.10 bits per heavy atom. The van der Waals surface area contributed by atoms with Crippen LogP contribution in [0.25, 0.3) is 0 Å². The molecule has 0 aliphatic heterocycles. The number of aryl methyl sites for hydroxylation is 2. The smallest absolute Gasteiger partial charge is 0.141 e. The van der Waals surface area contributed by atoms with Gasteiger partial charge in [-0.05, 0) is 38.5 Å². The van der Waals surface area contributed by atoms with Gasteiger partial charge in [-0.1, -0.05) is 6.07 Å². The van der Waals surface area contributed by atoms with Gasteiger partial charge in [0.05, 0.1) is 32.1 Å². The quantitative estimate of drug-likeness (QED) is 0.911. The number of benzene rings is 1. The lowest BCUT2D eigenvalue weighted by molar-refractivity contribution is 0.407. The minimum Gasteiger partial charge on any atom is -0.496 e. The third-order valence-electron chi connectivity index (χ3n) is 3.55. The molecule has 2 rings (SSSR count). The van der Waals surface area contributed by atoms with Crippen molar-refractivity contribution in [2.24, 2.45) is 0 Å². The van der Waals surface area contributed by atoms with Crippen LogP contribution in [0, 0.1) is 20.8 Å². The number of nitrogens with zero attached hydrogens (tertiary/aromatic N) is 1. The van der Waals surface area contributed by atoms with Crippen LogP contribution >= 0.6 is 0 Å². The number of nitrogens with one attached hydrogen (secondary N) is 1. The second-order valence-electron chi connectivity index (χ2n) is 5.10. The molecule has 0 fully saturated rings. The van der Waals surface area contributed by atoms with E-state index < -0.39 is 0 Å². The van der Waals surface area contributed by atoms with E-state index in [0.717, 1.165) is 34.0 Å². The summed E-state index contributed by atoms with van der Waals surface area (Å²) in [5.74, 6) is 1.73. The fraction of sp³-hybridized carbons (Fsp3) is 0.353. The van der Waals surface area contributed by atoms with E-state index in [4.69, 9.17) is 9.47 Å². The summed E-state index contributed by atoms with van der Waals surface area (Å²) in [6, 6.07) is 6.07. The molecule has 0 unspecified atom stereocenters. The molecule has 4 nitrogen and oxygen atoms in total. The lowest BCUT2D eigenvalue weighted by Gasteiger charge is -2.15. The summed E-state index contributed by atoms with van der Waals surface area (Å²) in [6.45, 7) is 6.72. The van der Waals surface area contributed by atoms with E-state index >= 15 is 0 Å². The predicted molar refractivity (Wildman–Crippen MR) is 85.3 cm³/mol. The van der Waals surface area contributed by atoms with E-state index in [-0.39, 0.29) is 0 Å². The van der Waals surface area contributed by atoms with E-state index in [2.05, 4.69) is 23.3 Å². The summed E-state index contributed by atoms with van der Waals surface area (Å²) in [6.07, 6.45) is 1.84. The summed E-state index contributed by atoms with van der Waals surface area (Å²) < 4.78 is 10.8. The molecule has 1 heterocycles. The second kappa shape index (κ2) is 6.48. The number of methoxy groups -OCH3 is 2. The summed E-state index contributed by atoms with van der Waals surface area (Å²) in [5.41, 5.74) is 5.24. The number of anilines is 1. The van der Waals surface area contributed by atoms with Crippen molar-refractivity contribution in [3.8, 4) is 11.5 Å². The average Bonchev–Trinajstić information content (AvgIpc) is 2.47. The largest absolute Gasteiger partial charge is 0.496 e. The molecule has 0 spiro atoms. The van der Waals surface area contributed by atoms with Crippen LogP contribution in [0.1, 0.15) is 22.4 Å². The van der Waals surface area contributed by atoms with E-state index in [1.54, 1.807) is 14.2 Å². The van der Waals surface area contributed by atoms with Gasteiger partial charge in [0.25, 0.3) is 0 Å². The first-order valence-electron chi connectivity index (χ1n) is 6.94. The van der Waals surface area contributed by atoms with Crippen molar-refractivity contribution in [3.63, 3.8) is 0 Å². The number of pyridine rings is 1. The van der Waals surface area contributed by atoms with Crippen molar-refractivity contribution in [2.75, 3.05) is 19.5 Å². The van der Waals surface area contributed by atoms with Crippen molar-refractivity contribution in [1.29, 1.82) is 0 Å². The molecule has 0 atom stereocenters. The maximum absolute atomic E-state index is 5.44. The van der Waals surface area contributed by atoms with Crippen LogP contribution < -0.4 is 14.8 Å². The van der Waals surface area contributed by atoms with Gasteiger partial charge in [-0.15, -0.1) is 0 Å². The molecule has 0 saturated heterocycles. The molecule has 0 aliphatic carbocycles. The van der Waals surface area contributed by atoms with Crippen molar-refractivity contribution in [1.82, 2.24) is 4.98 Å². The third kappa shape index (κ3) is 3.27. The van der Waals surface area contributed by atoms with Gasteiger partial charge >= 0.3 is 0 Å². The van der Waals surface area contributed by atoms with Crippen molar-refractivity contribution < 1.29 is 9.47 Å². The van der Waals surface area contributed by atoms with Gasteiger partial charge < -0.3 is 14.8 Å². The van der Waals surface area contributed by atoms with Crippen LogP contribution in [-0.4, -0.2) is 19.2 Å². The fourth-order valence-corrected chi connectivity index (χ4v) is 2.39. The Balaban J connectivity index is 2.23. The van der Waals surface area contributed by atoms with Gasteiger partial charge in [0.2, 0.25) is 0 Å². The summed E-state index contributed by atoms with van der Waals surface area (Å²) in [5, 5.41) is 3.39. The van der Waals surface area contributed by atoms with Crippen LogP contribution in [0.5, 0.6) is 11.5 Å². The van der Waals surface area contributed by atoms with Gasteiger partial charge in [0, 0.05) is 17.3 Å². The molecule has 0 aliphatic rings. The Bertz CT molecular complexity index is 639. The minimum atomic E-state index is 0.627. The molecule has 2 aromatic rings. The molecule has 0 saturated carbocycles. The monoisotopic (exact) mass is 286 g/mol. The summed E-state index contributed by atoms with van der Waals surface area (Å²) in [4.78, 5) is 4.50. The molecule has 1 N–H and O–H groups in total. The summed E-state index contributed by atoms with van der Waals surface area (Å²) >= 11 is 0. The average molecular weight is 286 g/mol. The van der Waals surface area contributed by atoms with Crippen LogP contribution in [0.15, 0.2) is 24.4 Å². The van der Waals surface area contributed by atoms with Crippen LogP contribution in [0.3, 0.4) is 0 Å². The Kier molecular flexibility index (Phi) is 4.68. The van der Waals surface area contributed by atoms with Gasteiger partial charge in [-0.2, -0.15) is 0 Å². The van der Waals surface area contributed by atoms with Crippen molar-refractivity contribution in [2.45, 2.75) is 27.3 Å². The highest BCUT2D eigenvalue weighted by Crippen LogP contribution is 2.28. The number of hydrogen-bond acceptors (Lipinski definition) is 4. The third-order valence-corrected chi connectivity index (χ3v) is 3.55. The lowest BCUT2D eigenvalue weighted by atomic mass is 10.1. The number of aromatic nitrogens is 1. The second-order valence-corrected chi connectivity index (χ2v) is 5.10. The first-order chi connectivity index (χ1) is 10.1. The standard InChI is InChI=1S/C17H22N2O2/c1-11-6-7-16(20-4)14(8-11)19-10-15-13(3)17(21-5)12(2)9-18-15/h6-9,19H,10H2,1-5H3. The molecular weight excluding hydrogens is 264 g/mol. The molecule has 1 aromatic carbocycles. The maximum Gasteiger partial charge on any atom is 0.141 e. The number of hydrogen-bond donors (Lipinski definition) is 1. The highest BCUT2D eigenvalue weighted by Gasteiger charge is 2.10. The lowest BCUT2D eigenvalue weighted by Crippen LogP contribution is -2.07. The zero-order valence-electron chi connectivity index (χ0n) is 13.3. The van der Waals surface area contributed by atoms with E-state index in [9.17, 15) is 0 Å². The normalized spacial score (nSPS) is 10.3. The molecule has 4 heteroatoms. The zero-order chi connectivity index (χ0) is 15.4. The Hall–Kier alpha value is -2.23. The van der Waals surface area contributed by atoms with Crippen LogP contribution in [0.2, 0.25) is 0 Å². The predicted octanol–water partition coefficient (Wildman–Crippen LogP) is 3.64.